The molecule has 0 spiro atoms. The molecule has 1 aromatic carbocycles. The summed E-state index contributed by atoms with van der Waals surface area (Å²) in [6.45, 7) is 1.43. The number of hydrogen-bond donors (Lipinski definition) is 1. The number of hydrogen-bond acceptors (Lipinski definition) is 3. The summed E-state index contributed by atoms with van der Waals surface area (Å²) in [4.78, 5) is 0. The molecule has 3 nitrogen and oxygen atoms in total. The molecule has 1 N–H and O–H groups in total. The van der Waals surface area contributed by atoms with E-state index in [4.69, 9.17) is 9.47 Å². The minimum atomic E-state index is -0.471. The van der Waals surface area contributed by atoms with Crippen molar-refractivity contribution in [2.45, 2.75) is 18.6 Å². The quantitative estimate of drug-likeness (QED) is 0.712. The lowest BCUT2D eigenvalue weighted by atomic mass is 10.0. The molecule has 0 bridgehead atoms. The van der Waals surface area contributed by atoms with Crippen molar-refractivity contribution in [2.75, 3.05) is 13.2 Å². The number of aliphatic hydroxyl groups excluding tert-OH is 1. The Morgan fingerprint density at radius 3 is 3.07 bits per heavy atom. The SMILES string of the molecule is O[C@H](c1ccc2c(c1)CCO2)[C@H]1CO1. The molecule has 2 aliphatic heterocycles. The number of ether oxygens (including phenoxy) is 2. The molecule has 3 heteroatoms. The fourth-order valence-corrected chi connectivity index (χ4v) is 1.84. The van der Waals surface area contributed by atoms with Crippen LogP contribution in [0.1, 0.15) is 17.2 Å². The van der Waals surface area contributed by atoms with Crippen molar-refractivity contribution in [3.8, 4) is 5.75 Å². The molecule has 2 atom stereocenters. The van der Waals surface area contributed by atoms with Crippen LogP contribution in [-0.4, -0.2) is 24.4 Å². The highest BCUT2D eigenvalue weighted by Crippen LogP contribution is 2.32. The van der Waals surface area contributed by atoms with Crippen LogP contribution in [0.4, 0.5) is 0 Å². The van der Waals surface area contributed by atoms with Crippen molar-refractivity contribution in [2.24, 2.45) is 0 Å². The molecule has 3 rings (SSSR count). The Hall–Kier alpha value is -1.06. The Balaban J connectivity index is 1.91. The first-order chi connectivity index (χ1) is 6.84. The highest BCUT2D eigenvalue weighted by atomic mass is 16.6. The zero-order valence-corrected chi connectivity index (χ0v) is 7.77. The maximum atomic E-state index is 9.83. The van der Waals surface area contributed by atoms with Gasteiger partial charge in [0.15, 0.2) is 0 Å². The number of rotatable bonds is 2. The first-order valence-corrected chi connectivity index (χ1v) is 4.90. The van der Waals surface area contributed by atoms with Gasteiger partial charge in [0.25, 0.3) is 0 Å². The van der Waals surface area contributed by atoms with Crippen molar-refractivity contribution >= 4 is 0 Å². The second-order valence-corrected chi connectivity index (χ2v) is 3.78. The van der Waals surface area contributed by atoms with Gasteiger partial charge in [-0.05, 0) is 23.3 Å². The lowest BCUT2D eigenvalue weighted by Crippen LogP contribution is -2.04. The van der Waals surface area contributed by atoms with Gasteiger partial charge in [-0.1, -0.05) is 6.07 Å². The third kappa shape index (κ3) is 1.29. The average molecular weight is 192 g/mol. The van der Waals surface area contributed by atoms with Gasteiger partial charge in [-0.2, -0.15) is 0 Å². The van der Waals surface area contributed by atoms with Crippen LogP contribution >= 0.6 is 0 Å². The summed E-state index contributed by atoms with van der Waals surface area (Å²) in [6, 6.07) is 5.87. The van der Waals surface area contributed by atoms with E-state index in [2.05, 4.69) is 0 Å². The van der Waals surface area contributed by atoms with Crippen molar-refractivity contribution in [1.82, 2.24) is 0 Å². The highest BCUT2D eigenvalue weighted by molar-refractivity contribution is 5.40. The molecule has 1 fully saturated rings. The normalized spacial score (nSPS) is 25.4. The Morgan fingerprint density at radius 2 is 2.29 bits per heavy atom. The molecule has 0 amide bonds. The summed E-state index contributed by atoms with van der Waals surface area (Å²) in [5.74, 6) is 0.956. The number of epoxide rings is 1. The fraction of sp³-hybridized carbons (Fsp3) is 0.455. The number of fused-ring (bicyclic) bond motifs is 1. The summed E-state index contributed by atoms with van der Waals surface area (Å²) in [5.41, 5.74) is 2.14. The monoisotopic (exact) mass is 192 g/mol. The van der Waals surface area contributed by atoms with E-state index in [0.717, 1.165) is 24.3 Å². The smallest absolute Gasteiger partial charge is 0.122 e. The van der Waals surface area contributed by atoms with Crippen LogP contribution in [0.15, 0.2) is 18.2 Å². The topological polar surface area (TPSA) is 42.0 Å². The Labute approximate surface area is 82.3 Å². The predicted molar refractivity (Wildman–Crippen MR) is 50.3 cm³/mol. The Kier molecular flexibility index (Phi) is 1.75. The summed E-state index contributed by atoms with van der Waals surface area (Å²) in [5, 5.41) is 9.83. The first-order valence-electron chi connectivity index (χ1n) is 4.90. The second kappa shape index (κ2) is 2.97. The van der Waals surface area contributed by atoms with E-state index in [1.807, 2.05) is 18.2 Å². The van der Waals surface area contributed by atoms with Gasteiger partial charge in [0.2, 0.25) is 0 Å². The van der Waals surface area contributed by atoms with Gasteiger partial charge in [0.05, 0.1) is 13.2 Å². The van der Waals surface area contributed by atoms with E-state index in [1.54, 1.807) is 0 Å². The maximum absolute atomic E-state index is 9.83. The molecular formula is C11H12O3. The molecule has 74 valence electrons. The van der Waals surface area contributed by atoms with Crippen molar-refractivity contribution in [3.05, 3.63) is 29.3 Å². The molecule has 2 aliphatic rings. The van der Waals surface area contributed by atoms with Gasteiger partial charge in [-0.15, -0.1) is 0 Å². The summed E-state index contributed by atoms with van der Waals surface area (Å²) < 4.78 is 10.5. The molecule has 1 saturated heterocycles. The molecule has 14 heavy (non-hydrogen) atoms. The van der Waals surface area contributed by atoms with Gasteiger partial charge in [-0.3, -0.25) is 0 Å². The standard InChI is InChI=1S/C11H12O3/c12-11(10-6-14-10)8-1-2-9-7(5-8)3-4-13-9/h1-2,5,10-12H,3-4,6H2/t10-,11-/m1/s1. The minimum absolute atomic E-state index is 0.00960. The molecule has 0 unspecified atom stereocenters. The molecule has 2 heterocycles. The molecule has 0 aliphatic carbocycles. The van der Waals surface area contributed by atoms with Crippen LogP contribution in [-0.2, 0) is 11.2 Å². The zero-order valence-electron chi connectivity index (χ0n) is 7.77. The summed E-state index contributed by atoms with van der Waals surface area (Å²) >= 11 is 0. The van der Waals surface area contributed by atoms with Crippen LogP contribution in [0.5, 0.6) is 5.75 Å². The Bertz CT molecular complexity index is 358. The first kappa shape index (κ1) is 8.26. The molecule has 0 saturated carbocycles. The fourth-order valence-electron chi connectivity index (χ4n) is 1.84. The zero-order chi connectivity index (χ0) is 9.54. The van der Waals surface area contributed by atoms with Crippen molar-refractivity contribution in [3.63, 3.8) is 0 Å². The van der Waals surface area contributed by atoms with E-state index < -0.39 is 6.10 Å². The Morgan fingerprint density at radius 1 is 1.43 bits per heavy atom. The second-order valence-electron chi connectivity index (χ2n) is 3.78. The van der Waals surface area contributed by atoms with Crippen LogP contribution in [0.3, 0.4) is 0 Å². The molecule has 0 aromatic heterocycles. The highest BCUT2D eigenvalue weighted by Gasteiger charge is 2.32. The largest absolute Gasteiger partial charge is 0.493 e. The van der Waals surface area contributed by atoms with E-state index in [-0.39, 0.29) is 6.10 Å². The van der Waals surface area contributed by atoms with Crippen LogP contribution < -0.4 is 4.74 Å². The van der Waals surface area contributed by atoms with Crippen molar-refractivity contribution < 1.29 is 14.6 Å². The third-order valence-electron chi connectivity index (χ3n) is 2.77. The van der Waals surface area contributed by atoms with E-state index in [9.17, 15) is 5.11 Å². The number of aliphatic hydroxyl groups is 1. The predicted octanol–water partition coefficient (Wildman–Crippen LogP) is 1.05. The van der Waals surface area contributed by atoms with Gasteiger partial charge in [0.1, 0.15) is 18.0 Å². The lowest BCUT2D eigenvalue weighted by Gasteiger charge is -2.08. The van der Waals surface area contributed by atoms with E-state index in [1.165, 1.54) is 5.56 Å². The van der Waals surface area contributed by atoms with Gasteiger partial charge in [-0.25, -0.2) is 0 Å². The van der Waals surface area contributed by atoms with Crippen LogP contribution in [0, 0.1) is 0 Å². The minimum Gasteiger partial charge on any atom is -0.493 e. The molecular weight excluding hydrogens is 180 g/mol. The summed E-state index contributed by atoms with van der Waals surface area (Å²) in [7, 11) is 0. The number of benzene rings is 1. The van der Waals surface area contributed by atoms with Gasteiger partial charge in [0, 0.05) is 6.42 Å². The van der Waals surface area contributed by atoms with Crippen LogP contribution in [0.2, 0.25) is 0 Å². The van der Waals surface area contributed by atoms with E-state index >= 15 is 0 Å². The lowest BCUT2D eigenvalue weighted by molar-refractivity contribution is 0.137. The maximum Gasteiger partial charge on any atom is 0.122 e. The molecule has 1 aromatic rings. The van der Waals surface area contributed by atoms with Gasteiger partial charge >= 0.3 is 0 Å². The average Bonchev–Trinajstić information content (AvgIpc) is 2.95. The van der Waals surface area contributed by atoms with Crippen LogP contribution in [0.25, 0.3) is 0 Å². The van der Waals surface area contributed by atoms with E-state index in [0.29, 0.717) is 6.61 Å². The third-order valence-corrected chi connectivity index (χ3v) is 2.77. The summed E-state index contributed by atoms with van der Waals surface area (Å²) in [6.07, 6.45) is 0.484. The van der Waals surface area contributed by atoms with Gasteiger partial charge < -0.3 is 14.6 Å². The molecule has 0 radical (unpaired) electrons. The van der Waals surface area contributed by atoms with Crippen molar-refractivity contribution in [1.29, 1.82) is 0 Å².